The Balaban J connectivity index is 1.02. The molecule has 8 aromatic carbocycles. The highest BCUT2D eigenvalue weighted by Crippen LogP contribution is 2.43. The van der Waals surface area contributed by atoms with Gasteiger partial charge in [0.1, 0.15) is 0 Å². The smallest absolute Gasteiger partial charge is 0.0992 e. The number of nitrogens with zero attached hydrogens (tertiary/aromatic N) is 6. The van der Waals surface area contributed by atoms with Gasteiger partial charge in [0.2, 0.25) is 0 Å². The Kier molecular flexibility index (Phi) is 7.13. The van der Waals surface area contributed by atoms with Crippen LogP contribution < -0.4 is 0 Å². The second-order valence-corrected chi connectivity index (χ2v) is 17.2. The Morgan fingerprint density at radius 3 is 0.917 bits per heavy atom. The van der Waals surface area contributed by atoms with Gasteiger partial charge in [0.15, 0.2) is 0 Å². The summed E-state index contributed by atoms with van der Waals surface area (Å²) >= 11 is 3.54. The van der Waals surface area contributed by atoms with Crippen LogP contribution >= 0.6 is 22.7 Å². The molecule has 0 spiro atoms. The second-order valence-electron chi connectivity index (χ2n) is 15.0. The average Bonchev–Trinajstić information content (AvgIpc) is 4.04. The first-order valence-corrected chi connectivity index (χ1v) is 20.8. The third-order valence-corrected chi connectivity index (χ3v) is 14.1. The topological polar surface area (TPSA) is 105 Å². The van der Waals surface area contributed by atoms with Gasteiger partial charge >= 0.3 is 0 Å². The summed E-state index contributed by atoms with van der Waals surface area (Å²) in [6, 6.07) is 58.8. The zero-order valence-electron chi connectivity index (χ0n) is 31.4. The van der Waals surface area contributed by atoms with Crippen LogP contribution in [0.1, 0.15) is 22.3 Å². The quantitative estimate of drug-likeness (QED) is 0.177. The van der Waals surface area contributed by atoms with Crippen molar-refractivity contribution >= 4 is 107 Å². The molecule has 12 rings (SSSR count). The van der Waals surface area contributed by atoms with Gasteiger partial charge in [-0.25, -0.2) is 0 Å². The van der Waals surface area contributed by atoms with Crippen LogP contribution in [0.15, 0.2) is 146 Å². The van der Waals surface area contributed by atoms with Gasteiger partial charge in [-0.3, -0.25) is 0 Å². The monoisotopic (exact) mass is 796 g/mol. The highest BCUT2D eigenvalue weighted by molar-refractivity contribution is 7.26. The highest BCUT2D eigenvalue weighted by atomic mass is 32.1. The molecule has 0 amide bonds. The summed E-state index contributed by atoms with van der Waals surface area (Å²) < 4.78 is 9.11. The van der Waals surface area contributed by atoms with Crippen molar-refractivity contribution in [2.75, 3.05) is 0 Å². The maximum atomic E-state index is 9.80. The molecule has 0 saturated carbocycles. The molecule has 8 heteroatoms. The molecular formula is C52H24N6S2. The summed E-state index contributed by atoms with van der Waals surface area (Å²) in [7, 11) is 0. The molecule has 60 heavy (non-hydrogen) atoms. The summed E-state index contributed by atoms with van der Waals surface area (Å²) in [5.74, 6) is 0. The van der Waals surface area contributed by atoms with Crippen LogP contribution in [0.5, 0.6) is 0 Å². The fraction of sp³-hybridized carbons (Fsp3) is 0. The van der Waals surface area contributed by atoms with Crippen LogP contribution in [-0.2, 0) is 0 Å². The zero-order chi connectivity index (χ0) is 40.2. The van der Waals surface area contributed by atoms with E-state index in [2.05, 4.69) is 106 Å². The van der Waals surface area contributed by atoms with Gasteiger partial charge in [0.05, 0.1) is 68.6 Å². The number of fused-ring (bicyclic) bond motifs is 12. The highest BCUT2D eigenvalue weighted by Gasteiger charge is 2.18. The fourth-order valence-corrected chi connectivity index (χ4v) is 11.2. The van der Waals surface area contributed by atoms with E-state index in [9.17, 15) is 21.0 Å². The summed E-state index contributed by atoms with van der Waals surface area (Å²) in [5, 5.41) is 48.0. The van der Waals surface area contributed by atoms with Crippen molar-refractivity contribution in [1.29, 1.82) is 21.0 Å². The van der Waals surface area contributed by atoms with Crippen LogP contribution in [0.3, 0.4) is 0 Å². The number of hydrogen-bond donors (Lipinski definition) is 0. The first-order valence-electron chi connectivity index (χ1n) is 19.2. The Labute approximate surface area is 349 Å². The van der Waals surface area contributed by atoms with E-state index in [-0.39, 0.29) is 0 Å². The van der Waals surface area contributed by atoms with Gasteiger partial charge in [-0.05, 0) is 120 Å². The lowest BCUT2D eigenvalue weighted by molar-refractivity contribution is 1.18. The summed E-state index contributed by atoms with van der Waals surface area (Å²) in [6.07, 6.45) is 0. The van der Waals surface area contributed by atoms with E-state index >= 15 is 0 Å². The molecule has 0 bridgehead atoms. The first kappa shape index (κ1) is 33.9. The molecule has 0 fully saturated rings. The van der Waals surface area contributed by atoms with Gasteiger partial charge in [-0.1, -0.05) is 36.4 Å². The summed E-state index contributed by atoms with van der Waals surface area (Å²) in [4.78, 5) is 0. The lowest BCUT2D eigenvalue weighted by atomic mass is 10.0. The molecule has 0 unspecified atom stereocenters. The van der Waals surface area contributed by atoms with E-state index in [4.69, 9.17) is 0 Å². The lowest BCUT2D eigenvalue weighted by Crippen LogP contribution is -1.94. The normalized spacial score (nSPS) is 11.6. The minimum Gasteiger partial charge on any atom is -0.309 e. The predicted octanol–water partition coefficient (Wildman–Crippen LogP) is 13.8. The number of thiophene rings is 2. The Morgan fingerprint density at radius 2 is 0.600 bits per heavy atom. The molecule has 0 atom stereocenters. The molecule has 274 valence electrons. The number of benzene rings is 8. The van der Waals surface area contributed by atoms with Gasteiger partial charge in [-0.15, -0.1) is 22.7 Å². The van der Waals surface area contributed by atoms with Gasteiger partial charge in [0, 0.05) is 73.3 Å². The number of hydrogen-bond acceptors (Lipinski definition) is 6. The van der Waals surface area contributed by atoms with Gasteiger partial charge < -0.3 is 9.13 Å². The minimum atomic E-state index is 0.584. The average molecular weight is 797 g/mol. The van der Waals surface area contributed by atoms with Crippen molar-refractivity contribution in [3.63, 3.8) is 0 Å². The molecule has 6 nitrogen and oxygen atoms in total. The van der Waals surface area contributed by atoms with E-state index in [1.165, 1.54) is 29.6 Å². The van der Waals surface area contributed by atoms with E-state index in [1.54, 1.807) is 22.7 Å². The Bertz CT molecular complexity index is 3660. The number of aromatic nitrogens is 2. The van der Waals surface area contributed by atoms with Gasteiger partial charge in [-0.2, -0.15) is 21.0 Å². The van der Waals surface area contributed by atoms with E-state index in [0.717, 1.165) is 76.9 Å². The van der Waals surface area contributed by atoms with Crippen molar-refractivity contribution < 1.29 is 0 Å². The molecule has 0 N–H and O–H groups in total. The molecule has 0 aliphatic heterocycles. The minimum absolute atomic E-state index is 0.584. The van der Waals surface area contributed by atoms with Crippen LogP contribution in [0.4, 0.5) is 0 Å². The maximum absolute atomic E-state index is 9.80. The Hall–Kier alpha value is -8.24. The largest absolute Gasteiger partial charge is 0.309 e. The second kappa shape index (κ2) is 12.6. The molecule has 4 aromatic heterocycles. The Morgan fingerprint density at radius 1 is 0.300 bits per heavy atom. The van der Waals surface area contributed by atoms with Crippen LogP contribution in [-0.4, -0.2) is 9.13 Å². The third kappa shape index (κ3) is 4.88. The molecule has 0 saturated heterocycles. The van der Waals surface area contributed by atoms with Crippen LogP contribution in [0, 0.1) is 45.3 Å². The van der Waals surface area contributed by atoms with Crippen molar-refractivity contribution in [2.45, 2.75) is 0 Å². The fourth-order valence-electron chi connectivity index (χ4n) is 9.04. The molecular weight excluding hydrogens is 773 g/mol. The molecule has 0 aliphatic carbocycles. The van der Waals surface area contributed by atoms with Crippen LogP contribution in [0.25, 0.3) is 106 Å². The van der Waals surface area contributed by atoms with Gasteiger partial charge in [0.25, 0.3) is 0 Å². The summed E-state index contributed by atoms with van der Waals surface area (Å²) in [6.45, 7) is 0. The van der Waals surface area contributed by atoms with Crippen molar-refractivity contribution in [3.05, 3.63) is 168 Å². The molecule has 0 aliphatic rings. The third-order valence-electron chi connectivity index (χ3n) is 11.8. The van der Waals surface area contributed by atoms with E-state index < -0.39 is 0 Å². The zero-order valence-corrected chi connectivity index (χ0v) is 33.0. The standard InChI is InChI=1S/C52H24N6S2/c53-25-29-1-9-37-38-10-2-30(26-54)18-46(38)57(45(37)17-29)35-7-15-51-43(23-35)41-21-33(5-13-49(41)59-51)34-6-14-50-42(22-34)44-24-36(8-16-52(44)60-50)58-47-19-31(27-55)3-11-39(47)40-12-4-32(28-56)20-48(40)58/h1-24H. The van der Waals surface area contributed by atoms with E-state index in [0.29, 0.717) is 22.3 Å². The van der Waals surface area contributed by atoms with Crippen molar-refractivity contribution in [2.24, 2.45) is 0 Å². The SMILES string of the molecule is N#Cc1ccc2c3ccc(C#N)cc3n(-c3ccc4sc5ccc(-c6ccc7sc8ccc(-n9c%10cc(C#N)ccc%10c%10ccc(C#N)cc%109)cc8c7c6)cc5c4c3)c2c1. The molecule has 0 radical (unpaired) electrons. The summed E-state index contributed by atoms with van der Waals surface area (Å²) in [5.41, 5.74) is 10.2. The first-order chi connectivity index (χ1) is 29.5. The molecule has 12 aromatic rings. The van der Waals surface area contributed by atoms with Crippen molar-refractivity contribution in [1.82, 2.24) is 9.13 Å². The number of rotatable bonds is 3. The van der Waals surface area contributed by atoms with Crippen molar-refractivity contribution in [3.8, 4) is 46.8 Å². The van der Waals surface area contributed by atoms with Crippen LogP contribution in [0.2, 0.25) is 0 Å². The van der Waals surface area contributed by atoms with E-state index in [1.807, 2.05) is 72.8 Å². The predicted molar refractivity (Wildman–Crippen MR) is 245 cm³/mol. The molecule has 4 heterocycles. The maximum Gasteiger partial charge on any atom is 0.0992 e. The lowest BCUT2D eigenvalue weighted by Gasteiger charge is -2.09. The number of nitriles is 4.